The number of phenolic OH excluding ortho intramolecular Hbond substituents is 1. The highest BCUT2D eigenvalue weighted by Gasteiger charge is 2.68. The number of hydrogen-bond acceptors (Lipinski definition) is 12. The number of rotatable bonds is 17. The number of amides is 4. The molecule has 0 spiro atoms. The number of nitrogens with two attached hydrogens (primary N) is 1. The van der Waals surface area contributed by atoms with Crippen molar-refractivity contribution in [1.29, 1.82) is 0 Å². The van der Waals surface area contributed by atoms with Gasteiger partial charge in [-0.05, 0) is 126 Å². The fourth-order valence-electron chi connectivity index (χ4n) is 9.96. The molecule has 4 fully saturated rings. The van der Waals surface area contributed by atoms with E-state index in [1.807, 2.05) is 36.6 Å². The molecular formula is C44H62ClN5O9S. The van der Waals surface area contributed by atoms with Crippen LogP contribution in [0.1, 0.15) is 70.4 Å². The van der Waals surface area contributed by atoms with Crippen molar-refractivity contribution in [1.82, 2.24) is 20.4 Å². The molecule has 16 heteroatoms. The Morgan fingerprint density at radius 3 is 2.08 bits per heavy atom. The number of thioether (sulfide) groups is 1. The standard InChI is InChI=1S/C44H61N5O9S.ClH/c1-42(2,3)58-41(56)49(39(54)32(46-4)20-28-13-15-31(50)16-14-28)33(17-18-59-7)38(53)47-26-35(51)48(5)34(21-27-11-9-8-10-12-27)36(52)37-43(40(55)57-6)22-29-19-30(23-43)25-44(37,45)24-29;/h8-16,29-30,32-34,37,46,50H,17-26,45H2,1-7H3,(H,47,53);1H/t29?,30?,32-,33+,34-,37?,43?,44?;/m0./s1. The third-order valence-corrected chi connectivity index (χ3v) is 12.9. The fraction of sp³-hybridized carbons (Fsp3) is 0.591. The second kappa shape index (κ2) is 20.1. The molecule has 2 aromatic carbocycles. The summed E-state index contributed by atoms with van der Waals surface area (Å²) in [5.74, 6) is -2.81. The molecule has 6 atom stereocenters. The van der Waals surface area contributed by atoms with E-state index in [0.29, 0.717) is 37.0 Å². The van der Waals surface area contributed by atoms with Crippen molar-refractivity contribution in [2.75, 3.05) is 39.8 Å². The van der Waals surface area contributed by atoms with Crippen LogP contribution in [0.5, 0.6) is 5.75 Å². The first kappa shape index (κ1) is 48.5. The number of methoxy groups -OCH3 is 1. The van der Waals surface area contributed by atoms with E-state index in [0.717, 1.165) is 16.9 Å². The number of carbonyl (C=O) groups excluding carboxylic acids is 6. The van der Waals surface area contributed by atoms with Gasteiger partial charge in [0.05, 0.1) is 37.1 Å². The Morgan fingerprint density at radius 2 is 1.53 bits per heavy atom. The van der Waals surface area contributed by atoms with Gasteiger partial charge in [-0.2, -0.15) is 11.8 Å². The van der Waals surface area contributed by atoms with Gasteiger partial charge in [0.2, 0.25) is 17.7 Å². The van der Waals surface area contributed by atoms with Gasteiger partial charge in [0, 0.05) is 12.6 Å². The van der Waals surface area contributed by atoms with Crippen LogP contribution in [0, 0.1) is 23.2 Å². The molecule has 5 N–H and O–H groups in total. The van der Waals surface area contributed by atoms with E-state index in [-0.39, 0.29) is 55.0 Å². The minimum Gasteiger partial charge on any atom is -0.508 e. The van der Waals surface area contributed by atoms with Crippen LogP contribution in [-0.4, -0.2) is 119 Å². The first-order chi connectivity index (χ1) is 27.9. The van der Waals surface area contributed by atoms with Crippen LogP contribution >= 0.6 is 24.2 Å². The molecule has 4 saturated carbocycles. The van der Waals surface area contributed by atoms with Crippen molar-refractivity contribution in [3.8, 4) is 5.75 Å². The Hall–Kier alpha value is -4.18. The number of benzene rings is 2. The summed E-state index contributed by atoms with van der Waals surface area (Å²) in [6, 6.07) is 12.2. The van der Waals surface area contributed by atoms with E-state index < -0.39 is 76.9 Å². The zero-order valence-electron chi connectivity index (χ0n) is 35.7. The maximum absolute atomic E-state index is 15.1. The molecule has 0 aromatic heterocycles. The Labute approximate surface area is 363 Å². The summed E-state index contributed by atoms with van der Waals surface area (Å²) < 4.78 is 11.0. The molecule has 0 saturated heterocycles. The molecule has 4 bridgehead atoms. The summed E-state index contributed by atoms with van der Waals surface area (Å²) >= 11 is 1.42. The largest absolute Gasteiger partial charge is 0.508 e. The van der Waals surface area contributed by atoms with Crippen LogP contribution in [0.25, 0.3) is 0 Å². The number of halogens is 1. The van der Waals surface area contributed by atoms with Gasteiger partial charge in [-0.3, -0.25) is 24.0 Å². The number of nitrogens with zero attached hydrogens (tertiary/aromatic N) is 2. The van der Waals surface area contributed by atoms with Crippen LogP contribution in [0.4, 0.5) is 4.79 Å². The average molecular weight is 873 g/mol. The molecule has 330 valence electrons. The number of ether oxygens (including phenoxy) is 2. The maximum atomic E-state index is 15.1. The molecule has 0 radical (unpaired) electrons. The van der Waals surface area contributed by atoms with E-state index in [4.69, 9.17) is 15.2 Å². The number of likely N-dealkylation sites (N-methyl/N-ethyl adjacent to an activating group) is 2. The third-order valence-electron chi connectivity index (χ3n) is 12.2. The number of nitrogens with one attached hydrogen (secondary N) is 2. The van der Waals surface area contributed by atoms with Crippen LogP contribution in [-0.2, 0) is 46.3 Å². The Kier molecular flexibility index (Phi) is 16.3. The zero-order valence-corrected chi connectivity index (χ0v) is 37.4. The SMILES string of the molecule is CN[C@@H](Cc1ccc(O)cc1)C(=O)N(C(=O)OC(C)(C)C)[C@H](CCSC)C(=O)NCC(=O)N(C)[C@@H](Cc1ccccc1)C(=O)C1C2(N)CC3CC(C2)CC1(C(=O)OC)C3.Cl. The lowest BCUT2D eigenvalue weighted by Crippen LogP contribution is -2.72. The predicted molar refractivity (Wildman–Crippen MR) is 231 cm³/mol. The number of ketones is 1. The van der Waals surface area contributed by atoms with E-state index in [9.17, 15) is 29.1 Å². The number of phenols is 1. The monoisotopic (exact) mass is 871 g/mol. The lowest BCUT2D eigenvalue weighted by Gasteiger charge is -2.63. The zero-order chi connectivity index (χ0) is 43.3. The lowest BCUT2D eigenvalue weighted by molar-refractivity contribution is -0.189. The summed E-state index contributed by atoms with van der Waals surface area (Å²) in [7, 11) is 4.41. The van der Waals surface area contributed by atoms with Crippen LogP contribution in [0.3, 0.4) is 0 Å². The highest BCUT2D eigenvalue weighted by Crippen LogP contribution is 2.64. The second-order valence-electron chi connectivity index (χ2n) is 17.6. The smallest absolute Gasteiger partial charge is 0.417 e. The second-order valence-corrected chi connectivity index (χ2v) is 18.6. The van der Waals surface area contributed by atoms with Crippen molar-refractivity contribution >= 4 is 59.7 Å². The van der Waals surface area contributed by atoms with Crippen molar-refractivity contribution in [3.05, 3.63) is 65.7 Å². The molecule has 14 nitrogen and oxygen atoms in total. The fourth-order valence-corrected chi connectivity index (χ4v) is 10.4. The highest BCUT2D eigenvalue weighted by atomic mass is 35.5. The van der Waals surface area contributed by atoms with Gasteiger partial charge in [-0.1, -0.05) is 42.5 Å². The van der Waals surface area contributed by atoms with E-state index in [1.54, 1.807) is 40.0 Å². The van der Waals surface area contributed by atoms with Crippen LogP contribution in [0.15, 0.2) is 54.6 Å². The van der Waals surface area contributed by atoms with Gasteiger partial charge >= 0.3 is 12.1 Å². The topological polar surface area (TPSA) is 198 Å². The number of aromatic hydroxyl groups is 1. The normalized spacial score (nSPS) is 24.2. The minimum absolute atomic E-state index is 0. The Bertz CT molecular complexity index is 1850. The molecule has 3 unspecified atom stereocenters. The molecule has 6 rings (SSSR count). The average Bonchev–Trinajstić information content (AvgIpc) is 3.18. The molecule has 60 heavy (non-hydrogen) atoms. The molecular weight excluding hydrogens is 810 g/mol. The summed E-state index contributed by atoms with van der Waals surface area (Å²) in [6.45, 7) is 4.41. The first-order valence-electron chi connectivity index (χ1n) is 20.3. The quantitative estimate of drug-likeness (QED) is 0.165. The van der Waals surface area contributed by atoms with Gasteiger partial charge in [-0.15, -0.1) is 12.4 Å². The number of Topliss-reactive ketones (excluding diaryl/α,β-unsaturated/α-hetero) is 1. The molecule has 0 heterocycles. The molecule has 4 aliphatic rings. The minimum atomic E-state index is -1.36. The van der Waals surface area contributed by atoms with Crippen molar-refractivity contribution in [3.63, 3.8) is 0 Å². The Balaban J connectivity index is 0.00000794. The molecule has 4 aliphatic carbocycles. The van der Waals surface area contributed by atoms with Crippen molar-refractivity contribution in [2.24, 2.45) is 28.9 Å². The van der Waals surface area contributed by atoms with Gasteiger partial charge in [0.15, 0.2) is 5.78 Å². The van der Waals surface area contributed by atoms with Crippen molar-refractivity contribution in [2.45, 2.75) is 101 Å². The van der Waals surface area contributed by atoms with E-state index in [2.05, 4.69) is 10.6 Å². The number of esters is 1. The maximum Gasteiger partial charge on any atom is 0.417 e. The number of imide groups is 1. The van der Waals surface area contributed by atoms with Gasteiger partial charge in [0.25, 0.3) is 0 Å². The summed E-state index contributed by atoms with van der Waals surface area (Å²) in [5, 5.41) is 15.4. The predicted octanol–water partition coefficient (Wildman–Crippen LogP) is 4.28. The van der Waals surface area contributed by atoms with Crippen molar-refractivity contribution < 1.29 is 43.3 Å². The lowest BCUT2D eigenvalue weighted by atomic mass is 9.41. The van der Waals surface area contributed by atoms with Crippen LogP contribution < -0.4 is 16.4 Å². The van der Waals surface area contributed by atoms with Gasteiger partial charge in [-0.25, -0.2) is 9.69 Å². The molecule has 4 amide bonds. The van der Waals surface area contributed by atoms with Gasteiger partial charge < -0.3 is 35.8 Å². The molecule has 0 aliphatic heterocycles. The first-order valence-corrected chi connectivity index (χ1v) is 21.7. The summed E-state index contributed by atoms with van der Waals surface area (Å²) in [6.07, 6.45) is 4.35. The van der Waals surface area contributed by atoms with E-state index >= 15 is 4.79 Å². The highest BCUT2D eigenvalue weighted by molar-refractivity contribution is 7.98. The van der Waals surface area contributed by atoms with E-state index in [1.165, 1.54) is 43.0 Å². The number of carbonyl (C=O) groups is 6. The molecule has 2 aromatic rings. The Morgan fingerprint density at radius 1 is 0.933 bits per heavy atom. The summed E-state index contributed by atoms with van der Waals surface area (Å²) in [4.78, 5) is 87.5. The van der Waals surface area contributed by atoms with Gasteiger partial charge in [0.1, 0.15) is 17.4 Å². The third kappa shape index (κ3) is 10.8. The summed E-state index contributed by atoms with van der Waals surface area (Å²) in [5.41, 5.74) is 5.61. The van der Waals surface area contributed by atoms with Crippen LogP contribution in [0.2, 0.25) is 0 Å². The number of hydrogen-bond donors (Lipinski definition) is 4.